The van der Waals surface area contributed by atoms with E-state index in [1.807, 2.05) is 48.5 Å². The molecule has 8 atom stereocenters. The number of carbonyl (C=O) groups excluding carboxylic acids is 3. The van der Waals surface area contributed by atoms with Crippen LogP contribution in [0.25, 0.3) is 11.1 Å². The van der Waals surface area contributed by atoms with Crippen LogP contribution in [0, 0.1) is 29.1 Å². The summed E-state index contributed by atoms with van der Waals surface area (Å²) in [4.78, 5) is 49.8. The van der Waals surface area contributed by atoms with Crippen molar-refractivity contribution in [1.29, 1.82) is 0 Å². The van der Waals surface area contributed by atoms with Crippen molar-refractivity contribution in [3.8, 4) is 11.1 Å². The monoisotopic (exact) mass is 719 g/mol. The number of alkyl carbamates (subject to hydrolysis) is 1. The number of nitrogens with one attached hydrogen (secondary N) is 2. The molecule has 0 radical (unpaired) electrons. The number of aliphatic hydroxyl groups is 1. The zero-order valence-corrected chi connectivity index (χ0v) is 31.5. The summed E-state index contributed by atoms with van der Waals surface area (Å²) in [6.07, 6.45) is -0.0773. The van der Waals surface area contributed by atoms with Gasteiger partial charge >= 0.3 is 6.09 Å². The van der Waals surface area contributed by atoms with Crippen LogP contribution in [0.3, 0.4) is 0 Å². The Morgan fingerprint density at radius 3 is 2.44 bits per heavy atom. The Labute approximate surface area is 308 Å². The van der Waals surface area contributed by atoms with Crippen molar-refractivity contribution in [2.45, 2.75) is 71.4 Å². The Kier molecular flexibility index (Phi) is 11.9. The average molecular weight is 720 g/mol. The number of amides is 3. The Balaban J connectivity index is 1.17. The summed E-state index contributed by atoms with van der Waals surface area (Å²) >= 11 is 0. The zero-order valence-electron chi connectivity index (χ0n) is 31.5. The van der Waals surface area contributed by atoms with Crippen molar-refractivity contribution < 1.29 is 33.8 Å². The van der Waals surface area contributed by atoms with Crippen LogP contribution in [0.4, 0.5) is 4.79 Å². The standard InChI is InChI=1S/C40H57N5O7/c1-25-32-21-31(40(32,3)4)22-33(25)42-37(47)36-35(26(2)46)34(24-51-39(49)41-14-15-44-16-18-50-19-17-44)52-45(36)23-27-8-7-9-30(20-27)28-10-12-29(13-11-28)38(48)43(5)6/h7-13,20,25-26,31-36,46H,14-19,21-24H2,1-6H3,(H,41,49)(H,42,47)/t25-,26-,31-,32+,33-,34-,35+,36-/m0/s1. The number of morpholine rings is 1. The minimum absolute atomic E-state index is 0.0407. The molecular weight excluding hydrogens is 662 g/mol. The van der Waals surface area contributed by atoms with Gasteiger partial charge in [-0.25, -0.2) is 4.79 Å². The molecule has 2 heterocycles. The van der Waals surface area contributed by atoms with Crippen molar-refractivity contribution in [3.05, 3.63) is 59.7 Å². The number of ether oxygens (including phenoxy) is 2. The smallest absolute Gasteiger partial charge is 0.407 e. The third-order valence-electron chi connectivity index (χ3n) is 12.2. The molecule has 3 N–H and O–H groups in total. The molecule has 5 aliphatic rings. The fourth-order valence-corrected chi connectivity index (χ4v) is 8.91. The quantitative estimate of drug-likeness (QED) is 0.300. The van der Waals surface area contributed by atoms with Gasteiger partial charge in [0, 0.05) is 57.8 Å². The molecule has 12 heteroatoms. The van der Waals surface area contributed by atoms with Crippen LogP contribution < -0.4 is 10.6 Å². The Morgan fingerprint density at radius 2 is 1.79 bits per heavy atom. The molecule has 5 fully saturated rings. The predicted molar refractivity (Wildman–Crippen MR) is 197 cm³/mol. The molecule has 3 saturated carbocycles. The molecule has 3 aliphatic carbocycles. The highest BCUT2D eigenvalue weighted by atomic mass is 16.7. The van der Waals surface area contributed by atoms with Crippen LogP contribution in [0.15, 0.2) is 48.5 Å². The first-order valence-electron chi connectivity index (χ1n) is 18.9. The van der Waals surface area contributed by atoms with Gasteiger partial charge in [0.25, 0.3) is 5.91 Å². The third-order valence-corrected chi connectivity index (χ3v) is 12.2. The van der Waals surface area contributed by atoms with E-state index in [4.69, 9.17) is 14.3 Å². The highest BCUT2D eigenvalue weighted by Crippen LogP contribution is 2.61. The maximum Gasteiger partial charge on any atom is 0.407 e. The molecule has 52 heavy (non-hydrogen) atoms. The first-order chi connectivity index (χ1) is 24.8. The first-order valence-corrected chi connectivity index (χ1v) is 18.9. The Morgan fingerprint density at radius 1 is 1.06 bits per heavy atom. The summed E-state index contributed by atoms with van der Waals surface area (Å²) in [6, 6.07) is 14.7. The van der Waals surface area contributed by atoms with E-state index in [9.17, 15) is 19.5 Å². The second-order valence-electron chi connectivity index (χ2n) is 16.0. The predicted octanol–water partition coefficient (Wildman–Crippen LogP) is 3.78. The number of nitrogens with zero attached hydrogens (tertiary/aromatic N) is 3. The Bertz CT molecular complexity index is 1560. The number of fused-ring (bicyclic) bond motifs is 2. The minimum atomic E-state index is -0.912. The number of benzene rings is 2. The molecule has 3 amide bonds. The fraction of sp³-hybridized carbons (Fsp3) is 0.625. The van der Waals surface area contributed by atoms with E-state index >= 15 is 0 Å². The largest absolute Gasteiger partial charge is 0.447 e. The number of aliphatic hydroxyl groups excluding tert-OH is 1. The molecule has 12 nitrogen and oxygen atoms in total. The SMILES string of the molecule is C[C@@H]1[C@@H](NC(=O)[C@@H]2[C@H]([C@H](C)O)[C@H](COC(=O)NCCN3CCOCC3)ON2Cc2cccc(-c3ccc(C(=O)N(C)C)cc3)c2)C[C@@H]2C[C@H]1C2(C)C. The van der Waals surface area contributed by atoms with E-state index in [1.165, 1.54) is 6.42 Å². The van der Waals surface area contributed by atoms with Gasteiger partial charge < -0.3 is 30.1 Å². The molecule has 2 aliphatic heterocycles. The molecule has 0 aromatic heterocycles. The van der Waals surface area contributed by atoms with Crippen LogP contribution in [0.5, 0.6) is 0 Å². The number of rotatable bonds is 12. The topological polar surface area (TPSA) is 133 Å². The van der Waals surface area contributed by atoms with Gasteiger partial charge in [-0.1, -0.05) is 51.1 Å². The van der Waals surface area contributed by atoms with Gasteiger partial charge in [-0.3, -0.25) is 19.3 Å². The number of carbonyl (C=O) groups is 3. The molecule has 2 saturated heterocycles. The van der Waals surface area contributed by atoms with Crippen LogP contribution in [0.2, 0.25) is 0 Å². The summed E-state index contributed by atoms with van der Waals surface area (Å²) in [6.45, 7) is 12.9. The van der Waals surface area contributed by atoms with E-state index in [0.29, 0.717) is 49.6 Å². The van der Waals surface area contributed by atoms with Crippen molar-refractivity contribution in [1.82, 2.24) is 25.5 Å². The van der Waals surface area contributed by atoms with E-state index in [0.717, 1.165) is 36.2 Å². The second kappa shape index (κ2) is 16.2. The number of hydrogen-bond donors (Lipinski definition) is 3. The molecule has 2 aromatic carbocycles. The molecule has 0 unspecified atom stereocenters. The molecule has 2 bridgehead atoms. The molecule has 284 valence electrons. The van der Waals surface area contributed by atoms with E-state index in [2.05, 4.69) is 36.3 Å². The summed E-state index contributed by atoms with van der Waals surface area (Å²) in [7, 11) is 3.46. The minimum Gasteiger partial charge on any atom is -0.447 e. The van der Waals surface area contributed by atoms with Gasteiger partial charge in [0.2, 0.25) is 5.91 Å². The Hall–Kier alpha value is -3.55. The summed E-state index contributed by atoms with van der Waals surface area (Å²) < 4.78 is 11.0. The van der Waals surface area contributed by atoms with Crippen LogP contribution in [0.1, 0.15) is 56.5 Å². The highest BCUT2D eigenvalue weighted by Gasteiger charge is 2.57. The van der Waals surface area contributed by atoms with Crippen LogP contribution in [-0.2, 0) is 25.7 Å². The van der Waals surface area contributed by atoms with Gasteiger partial charge in [0.05, 0.1) is 25.9 Å². The molecular formula is C40H57N5O7. The summed E-state index contributed by atoms with van der Waals surface area (Å²) in [5.74, 6) is 0.577. The number of hydroxylamine groups is 2. The first kappa shape index (κ1) is 38.2. The average Bonchev–Trinajstić information content (AvgIpc) is 3.49. The van der Waals surface area contributed by atoms with Gasteiger partial charge in [-0.05, 0) is 77.8 Å². The fourth-order valence-electron chi connectivity index (χ4n) is 8.91. The lowest BCUT2D eigenvalue weighted by molar-refractivity contribution is -0.183. The van der Waals surface area contributed by atoms with E-state index in [1.54, 1.807) is 31.0 Å². The summed E-state index contributed by atoms with van der Waals surface area (Å²) in [5, 5.41) is 19.0. The van der Waals surface area contributed by atoms with E-state index in [-0.39, 0.29) is 36.4 Å². The highest BCUT2D eigenvalue weighted by molar-refractivity contribution is 5.94. The van der Waals surface area contributed by atoms with Crippen molar-refractivity contribution >= 4 is 17.9 Å². The lowest BCUT2D eigenvalue weighted by atomic mass is 9.45. The second-order valence-corrected chi connectivity index (χ2v) is 16.0. The normalized spacial score (nSPS) is 29.1. The lowest BCUT2D eigenvalue weighted by Gasteiger charge is -2.62. The zero-order chi connectivity index (χ0) is 37.2. The van der Waals surface area contributed by atoms with Gasteiger partial charge in [0.1, 0.15) is 18.8 Å². The van der Waals surface area contributed by atoms with Crippen LogP contribution >= 0.6 is 0 Å². The number of hydrogen-bond acceptors (Lipinski definition) is 9. The molecule has 0 spiro atoms. The van der Waals surface area contributed by atoms with E-state index < -0.39 is 30.3 Å². The molecule has 7 rings (SSSR count). The molecule has 2 aromatic rings. The van der Waals surface area contributed by atoms with Crippen molar-refractivity contribution in [3.63, 3.8) is 0 Å². The van der Waals surface area contributed by atoms with Gasteiger partial charge in [-0.15, -0.1) is 0 Å². The third kappa shape index (κ3) is 8.31. The van der Waals surface area contributed by atoms with Crippen molar-refractivity contribution in [2.24, 2.45) is 29.1 Å². The van der Waals surface area contributed by atoms with Crippen LogP contribution in [-0.4, -0.2) is 122 Å². The summed E-state index contributed by atoms with van der Waals surface area (Å²) in [5.41, 5.74) is 3.71. The van der Waals surface area contributed by atoms with Gasteiger partial charge in [-0.2, -0.15) is 5.06 Å². The maximum absolute atomic E-state index is 14.3. The maximum atomic E-state index is 14.3. The lowest BCUT2D eigenvalue weighted by Crippen LogP contribution is -2.62. The van der Waals surface area contributed by atoms with Gasteiger partial charge in [0.15, 0.2) is 0 Å². The van der Waals surface area contributed by atoms with Crippen molar-refractivity contribution in [2.75, 3.05) is 60.1 Å².